The van der Waals surface area contributed by atoms with Gasteiger partial charge in [-0.1, -0.05) is 48.0 Å². The molecule has 2 amide bonds. The monoisotopic (exact) mass is 380 g/mol. The lowest BCUT2D eigenvalue weighted by Crippen LogP contribution is -2.37. The van der Waals surface area contributed by atoms with Crippen LogP contribution in [0.1, 0.15) is 30.4 Å². The lowest BCUT2D eigenvalue weighted by atomic mass is 10.0. The quantitative estimate of drug-likeness (QED) is 0.740. The lowest BCUT2D eigenvalue weighted by Gasteiger charge is -2.29. The first-order valence-electron chi connectivity index (χ1n) is 9.28. The summed E-state index contributed by atoms with van der Waals surface area (Å²) < 4.78 is 0. The maximum Gasteiger partial charge on any atom is 0.282 e. The summed E-state index contributed by atoms with van der Waals surface area (Å²) in [5, 5.41) is 0.542. The molecule has 5 heteroatoms. The number of hydrogen-bond donors (Lipinski definition) is 0. The molecule has 0 saturated carbocycles. The van der Waals surface area contributed by atoms with Gasteiger partial charge in [0.1, 0.15) is 5.70 Å². The molecule has 0 atom stereocenters. The van der Waals surface area contributed by atoms with Crippen molar-refractivity contribution in [2.24, 2.45) is 0 Å². The van der Waals surface area contributed by atoms with E-state index < -0.39 is 0 Å². The van der Waals surface area contributed by atoms with Crippen LogP contribution in [0.3, 0.4) is 0 Å². The minimum atomic E-state index is -0.280. The first kappa shape index (κ1) is 17.8. The number of halogens is 1. The van der Waals surface area contributed by atoms with Crippen molar-refractivity contribution in [3.63, 3.8) is 0 Å². The number of likely N-dealkylation sites (tertiary alicyclic amines) is 1. The Morgan fingerprint density at radius 2 is 1.56 bits per heavy atom. The van der Waals surface area contributed by atoms with Crippen LogP contribution in [0.5, 0.6) is 0 Å². The molecule has 0 spiro atoms. The Morgan fingerprint density at radius 3 is 2.26 bits per heavy atom. The Morgan fingerprint density at radius 1 is 0.852 bits per heavy atom. The Kier molecular flexibility index (Phi) is 4.75. The summed E-state index contributed by atoms with van der Waals surface area (Å²) in [4.78, 5) is 30.2. The van der Waals surface area contributed by atoms with Gasteiger partial charge < -0.3 is 4.90 Å². The molecule has 0 radical (unpaired) electrons. The van der Waals surface area contributed by atoms with Crippen LogP contribution in [0, 0.1) is 6.92 Å². The third kappa shape index (κ3) is 3.04. The third-order valence-electron chi connectivity index (χ3n) is 5.27. The van der Waals surface area contributed by atoms with Crippen LogP contribution < -0.4 is 4.90 Å². The Labute approximate surface area is 164 Å². The highest BCUT2D eigenvalue weighted by molar-refractivity contribution is 6.46. The topological polar surface area (TPSA) is 40.6 Å². The van der Waals surface area contributed by atoms with E-state index in [2.05, 4.69) is 4.90 Å². The van der Waals surface area contributed by atoms with Gasteiger partial charge in [0.15, 0.2) is 0 Å². The standard InChI is InChI=1S/C22H21ClN2O2/c1-15-17(23)11-8-12-18(15)25-21(26)19(16-9-4-2-5-10-16)20(22(25)27)24-13-6-3-7-14-24/h2,4-5,8-12H,3,6-7,13-14H2,1H3. The summed E-state index contributed by atoms with van der Waals surface area (Å²) in [6.07, 6.45) is 3.22. The van der Waals surface area contributed by atoms with Crippen molar-refractivity contribution in [2.75, 3.05) is 18.0 Å². The maximum atomic E-state index is 13.4. The fourth-order valence-electron chi connectivity index (χ4n) is 3.85. The van der Waals surface area contributed by atoms with E-state index >= 15 is 0 Å². The van der Waals surface area contributed by atoms with Gasteiger partial charge in [-0.15, -0.1) is 0 Å². The Hall–Kier alpha value is -2.59. The Bertz CT molecular complexity index is 931. The number of hydrogen-bond acceptors (Lipinski definition) is 3. The second kappa shape index (κ2) is 7.20. The molecule has 4 nitrogen and oxygen atoms in total. The summed E-state index contributed by atoms with van der Waals surface area (Å²) in [5.41, 5.74) is 3.07. The first-order chi connectivity index (χ1) is 13.1. The van der Waals surface area contributed by atoms with E-state index in [4.69, 9.17) is 11.6 Å². The van der Waals surface area contributed by atoms with Gasteiger partial charge in [0.05, 0.1) is 11.3 Å². The molecule has 0 N–H and O–H groups in total. The second-order valence-electron chi connectivity index (χ2n) is 6.97. The molecule has 0 unspecified atom stereocenters. The van der Waals surface area contributed by atoms with Crippen LogP contribution in [0.25, 0.3) is 5.57 Å². The second-order valence-corrected chi connectivity index (χ2v) is 7.37. The number of piperidine rings is 1. The van der Waals surface area contributed by atoms with Crippen molar-refractivity contribution in [2.45, 2.75) is 26.2 Å². The molecule has 138 valence electrons. The van der Waals surface area contributed by atoms with Gasteiger partial charge in [-0.3, -0.25) is 9.59 Å². The minimum absolute atomic E-state index is 0.258. The van der Waals surface area contributed by atoms with Crippen LogP contribution >= 0.6 is 11.6 Å². The fourth-order valence-corrected chi connectivity index (χ4v) is 4.02. The highest BCUT2D eigenvalue weighted by Gasteiger charge is 2.43. The van der Waals surface area contributed by atoms with Crippen LogP contribution in [-0.2, 0) is 9.59 Å². The molecule has 2 aromatic carbocycles. The molecule has 1 saturated heterocycles. The van der Waals surface area contributed by atoms with Gasteiger partial charge in [-0.25, -0.2) is 4.90 Å². The van der Waals surface area contributed by atoms with E-state index in [-0.39, 0.29) is 11.8 Å². The smallest absolute Gasteiger partial charge is 0.282 e. The molecule has 0 aromatic heterocycles. The summed E-state index contributed by atoms with van der Waals surface area (Å²) in [6, 6.07) is 14.8. The number of carbonyl (C=O) groups excluding carboxylic acids is 2. The van der Waals surface area contributed by atoms with Crippen molar-refractivity contribution < 1.29 is 9.59 Å². The fraction of sp³-hybridized carbons (Fsp3) is 0.273. The van der Waals surface area contributed by atoms with Gasteiger partial charge in [-0.2, -0.15) is 0 Å². The molecule has 4 rings (SSSR count). The average Bonchev–Trinajstić information content (AvgIpc) is 2.96. The number of rotatable bonds is 3. The van der Waals surface area contributed by atoms with Crippen molar-refractivity contribution in [1.82, 2.24) is 4.90 Å². The third-order valence-corrected chi connectivity index (χ3v) is 5.68. The van der Waals surface area contributed by atoms with Crippen LogP contribution in [0.4, 0.5) is 5.69 Å². The summed E-state index contributed by atoms with van der Waals surface area (Å²) in [5.74, 6) is -0.539. The molecule has 2 heterocycles. The predicted molar refractivity (Wildman–Crippen MR) is 107 cm³/mol. The van der Waals surface area contributed by atoms with E-state index in [9.17, 15) is 9.59 Å². The SMILES string of the molecule is Cc1c(Cl)cccc1N1C(=O)C(c2ccccc2)=C(N2CCCCC2)C1=O. The molecule has 27 heavy (non-hydrogen) atoms. The van der Waals surface area contributed by atoms with E-state index in [1.807, 2.05) is 37.3 Å². The number of carbonyl (C=O) groups is 2. The van der Waals surface area contributed by atoms with E-state index in [0.29, 0.717) is 22.0 Å². The number of anilines is 1. The minimum Gasteiger partial charge on any atom is -0.366 e. The maximum absolute atomic E-state index is 13.4. The molecular formula is C22H21ClN2O2. The molecule has 1 fully saturated rings. The number of amides is 2. The molecule has 2 aromatic rings. The van der Waals surface area contributed by atoms with E-state index in [0.717, 1.165) is 43.5 Å². The zero-order valence-electron chi connectivity index (χ0n) is 15.2. The van der Waals surface area contributed by atoms with Crippen LogP contribution in [0.15, 0.2) is 54.2 Å². The molecular weight excluding hydrogens is 360 g/mol. The molecule has 0 aliphatic carbocycles. The molecule has 2 aliphatic heterocycles. The number of benzene rings is 2. The summed E-state index contributed by atoms with van der Waals surface area (Å²) >= 11 is 6.25. The predicted octanol–water partition coefficient (Wildman–Crippen LogP) is 4.42. The van der Waals surface area contributed by atoms with Crippen molar-refractivity contribution in [3.05, 3.63) is 70.4 Å². The van der Waals surface area contributed by atoms with Crippen molar-refractivity contribution >= 4 is 34.7 Å². The van der Waals surface area contributed by atoms with Gasteiger partial charge in [0.2, 0.25) is 0 Å². The van der Waals surface area contributed by atoms with Gasteiger partial charge in [-0.05, 0) is 49.4 Å². The number of nitrogens with zero attached hydrogens (tertiary/aromatic N) is 2. The van der Waals surface area contributed by atoms with Crippen LogP contribution in [0.2, 0.25) is 5.02 Å². The van der Waals surface area contributed by atoms with Gasteiger partial charge >= 0.3 is 0 Å². The molecule has 0 bridgehead atoms. The zero-order chi connectivity index (χ0) is 19.0. The highest BCUT2D eigenvalue weighted by atomic mass is 35.5. The van der Waals surface area contributed by atoms with E-state index in [1.54, 1.807) is 18.2 Å². The normalized spacial score (nSPS) is 17.9. The van der Waals surface area contributed by atoms with Crippen molar-refractivity contribution in [3.8, 4) is 0 Å². The lowest BCUT2D eigenvalue weighted by molar-refractivity contribution is -0.120. The van der Waals surface area contributed by atoms with Crippen molar-refractivity contribution in [1.29, 1.82) is 0 Å². The highest BCUT2D eigenvalue weighted by Crippen LogP contribution is 2.38. The molecule has 2 aliphatic rings. The number of imide groups is 1. The summed E-state index contributed by atoms with van der Waals surface area (Å²) in [6.45, 7) is 3.43. The van der Waals surface area contributed by atoms with Gasteiger partial charge in [0.25, 0.3) is 11.8 Å². The van der Waals surface area contributed by atoms with Gasteiger partial charge in [0, 0.05) is 18.1 Å². The zero-order valence-corrected chi connectivity index (χ0v) is 16.0. The summed E-state index contributed by atoms with van der Waals surface area (Å²) in [7, 11) is 0. The average molecular weight is 381 g/mol. The Balaban J connectivity index is 1.85. The first-order valence-corrected chi connectivity index (χ1v) is 9.66. The van der Waals surface area contributed by atoms with Crippen LogP contribution in [-0.4, -0.2) is 29.8 Å². The largest absolute Gasteiger partial charge is 0.366 e. The van der Waals surface area contributed by atoms with E-state index in [1.165, 1.54) is 4.90 Å².